The van der Waals surface area contributed by atoms with Crippen LogP contribution in [0.1, 0.15) is 5.56 Å². The average Bonchev–Trinajstić information content (AvgIpc) is 2.40. The summed E-state index contributed by atoms with van der Waals surface area (Å²) in [6, 6.07) is 6.30. The van der Waals surface area contributed by atoms with E-state index in [0.29, 0.717) is 5.56 Å². The molecule has 108 valence electrons. The van der Waals surface area contributed by atoms with Crippen LogP contribution in [0, 0.1) is 5.82 Å². The molecule has 5 nitrogen and oxygen atoms in total. The summed E-state index contributed by atoms with van der Waals surface area (Å²) in [5.74, 6) is -0.332. The minimum atomic E-state index is -0.841. The van der Waals surface area contributed by atoms with Crippen molar-refractivity contribution in [2.45, 2.75) is 18.8 Å². The van der Waals surface area contributed by atoms with Crippen molar-refractivity contribution >= 4 is 0 Å². The van der Waals surface area contributed by atoms with Gasteiger partial charge in [-0.05, 0) is 6.07 Å². The third kappa shape index (κ3) is 6.60. The lowest BCUT2D eigenvalue weighted by molar-refractivity contribution is 0.0249. The van der Waals surface area contributed by atoms with Crippen molar-refractivity contribution in [3.05, 3.63) is 35.6 Å². The van der Waals surface area contributed by atoms with E-state index in [-0.39, 0.29) is 38.7 Å². The normalized spacial score (nSPS) is 14.3. The highest BCUT2D eigenvalue weighted by molar-refractivity contribution is 5.16. The van der Waals surface area contributed by atoms with Crippen molar-refractivity contribution in [3.8, 4) is 0 Å². The number of nitrogens with one attached hydrogen (secondary N) is 1. The zero-order chi connectivity index (χ0) is 14.1. The van der Waals surface area contributed by atoms with Crippen molar-refractivity contribution in [2.75, 3.05) is 26.3 Å². The van der Waals surface area contributed by atoms with Crippen LogP contribution in [0.4, 0.5) is 4.39 Å². The standard InChI is InChI=1S/C13H20FNO4/c14-13-4-2-1-3-10(13)8-19-9-12(18)6-15-5-11(17)7-16/h1-4,11-12,15-18H,5-9H2. The van der Waals surface area contributed by atoms with Crippen LogP contribution >= 0.6 is 0 Å². The van der Waals surface area contributed by atoms with E-state index in [1.165, 1.54) is 6.07 Å². The van der Waals surface area contributed by atoms with Gasteiger partial charge in [0.15, 0.2) is 0 Å². The predicted molar refractivity (Wildman–Crippen MR) is 68.0 cm³/mol. The molecule has 2 atom stereocenters. The van der Waals surface area contributed by atoms with Gasteiger partial charge in [0, 0.05) is 18.7 Å². The molecule has 0 aromatic heterocycles. The molecule has 0 amide bonds. The van der Waals surface area contributed by atoms with Crippen molar-refractivity contribution in [1.82, 2.24) is 5.32 Å². The molecular formula is C13H20FNO4. The maximum Gasteiger partial charge on any atom is 0.128 e. The fourth-order valence-corrected chi connectivity index (χ4v) is 1.46. The monoisotopic (exact) mass is 273 g/mol. The van der Waals surface area contributed by atoms with E-state index < -0.39 is 12.2 Å². The summed E-state index contributed by atoms with van der Waals surface area (Å²) in [6.07, 6.45) is -1.59. The first-order valence-corrected chi connectivity index (χ1v) is 6.12. The Bertz CT molecular complexity index is 364. The fourth-order valence-electron chi connectivity index (χ4n) is 1.46. The van der Waals surface area contributed by atoms with Gasteiger partial charge in [-0.25, -0.2) is 4.39 Å². The molecule has 19 heavy (non-hydrogen) atoms. The first-order chi connectivity index (χ1) is 9.13. The van der Waals surface area contributed by atoms with Crippen LogP contribution in [0.25, 0.3) is 0 Å². The Morgan fingerprint density at radius 3 is 2.53 bits per heavy atom. The highest BCUT2D eigenvalue weighted by atomic mass is 19.1. The summed E-state index contributed by atoms with van der Waals surface area (Å²) < 4.78 is 18.4. The van der Waals surface area contributed by atoms with Gasteiger partial charge in [-0.1, -0.05) is 18.2 Å². The van der Waals surface area contributed by atoms with Crippen LogP contribution in [-0.4, -0.2) is 53.8 Å². The molecule has 1 aromatic carbocycles. The van der Waals surface area contributed by atoms with Gasteiger partial charge in [-0.3, -0.25) is 0 Å². The summed E-state index contributed by atoms with van der Waals surface area (Å²) >= 11 is 0. The lowest BCUT2D eigenvalue weighted by atomic mass is 10.2. The van der Waals surface area contributed by atoms with Crippen LogP contribution in [-0.2, 0) is 11.3 Å². The Labute approximate surface area is 111 Å². The van der Waals surface area contributed by atoms with Crippen molar-refractivity contribution in [1.29, 1.82) is 0 Å². The molecule has 1 rings (SSSR count). The van der Waals surface area contributed by atoms with Gasteiger partial charge in [0.05, 0.1) is 32.0 Å². The third-order valence-electron chi connectivity index (χ3n) is 2.50. The smallest absolute Gasteiger partial charge is 0.128 e. The Morgan fingerprint density at radius 2 is 1.84 bits per heavy atom. The number of ether oxygens (including phenoxy) is 1. The molecule has 0 saturated heterocycles. The molecule has 0 heterocycles. The number of aliphatic hydroxyl groups excluding tert-OH is 3. The van der Waals surface area contributed by atoms with Gasteiger partial charge in [0.1, 0.15) is 5.82 Å². The minimum Gasteiger partial charge on any atom is -0.394 e. The Hall–Kier alpha value is -1.05. The molecule has 0 radical (unpaired) electrons. The Morgan fingerprint density at radius 1 is 1.16 bits per heavy atom. The minimum absolute atomic E-state index is 0.0660. The van der Waals surface area contributed by atoms with Crippen LogP contribution in [0.3, 0.4) is 0 Å². The van der Waals surface area contributed by atoms with Gasteiger partial charge >= 0.3 is 0 Å². The largest absolute Gasteiger partial charge is 0.394 e. The SMILES string of the molecule is OCC(O)CNCC(O)COCc1ccccc1F. The molecule has 0 saturated carbocycles. The molecule has 0 bridgehead atoms. The van der Waals surface area contributed by atoms with E-state index in [4.69, 9.17) is 14.9 Å². The lowest BCUT2D eigenvalue weighted by Crippen LogP contribution is -2.36. The summed E-state index contributed by atoms with van der Waals surface area (Å²) in [5.41, 5.74) is 0.443. The van der Waals surface area contributed by atoms with Crippen molar-refractivity contribution in [2.24, 2.45) is 0 Å². The molecule has 0 aliphatic carbocycles. The second-order valence-electron chi connectivity index (χ2n) is 4.26. The average molecular weight is 273 g/mol. The summed E-state index contributed by atoms with van der Waals surface area (Å²) in [5, 5.41) is 30.0. The fraction of sp³-hybridized carbons (Fsp3) is 0.538. The highest BCUT2D eigenvalue weighted by Gasteiger charge is 2.07. The third-order valence-corrected chi connectivity index (χ3v) is 2.50. The van der Waals surface area contributed by atoms with E-state index in [0.717, 1.165) is 0 Å². The lowest BCUT2D eigenvalue weighted by Gasteiger charge is -2.14. The molecule has 6 heteroatoms. The van der Waals surface area contributed by atoms with Crippen LogP contribution < -0.4 is 5.32 Å². The first kappa shape index (κ1) is 16.0. The van der Waals surface area contributed by atoms with Crippen molar-refractivity contribution < 1.29 is 24.4 Å². The molecule has 0 fully saturated rings. The topological polar surface area (TPSA) is 82.0 Å². The van der Waals surface area contributed by atoms with E-state index in [2.05, 4.69) is 5.32 Å². The molecule has 0 aliphatic rings. The highest BCUT2D eigenvalue weighted by Crippen LogP contribution is 2.07. The van der Waals surface area contributed by atoms with Crippen LogP contribution in [0.5, 0.6) is 0 Å². The number of hydrogen-bond acceptors (Lipinski definition) is 5. The molecule has 0 aliphatic heterocycles. The second-order valence-corrected chi connectivity index (χ2v) is 4.26. The predicted octanol–water partition coefficient (Wildman–Crippen LogP) is -0.354. The Kier molecular flexibility index (Phi) is 7.54. The van der Waals surface area contributed by atoms with Crippen molar-refractivity contribution in [3.63, 3.8) is 0 Å². The maximum atomic E-state index is 13.2. The molecular weight excluding hydrogens is 253 g/mol. The number of rotatable bonds is 9. The summed E-state index contributed by atoms with van der Waals surface area (Å²) in [6.45, 7) is 0.266. The van der Waals surface area contributed by atoms with E-state index in [1.54, 1.807) is 18.2 Å². The summed E-state index contributed by atoms with van der Waals surface area (Å²) in [4.78, 5) is 0. The van der Waals surface area contributed by atoms with Crippen LogP contribution in [0.15, 0.2) is 24.3 Å². The number of hydrogen-bond donors (Lipinski definition) is 4. The molecule has 2 unspecified atom stereocenters. The number of benzene rings is 1. The van der Waals surface area contributed by atoms with E-state index in [9.17, 15) is 9.50 Å². The van der Waals surface area contributed by atoms with Gasteiger partial charge in [0.25, 0.3) is 0 Å². The zero-order valence-electron chi connectivity index (χ0n) is 10.6. The van der Waals surface area contributed by atoms with Gasteiger partial charge in [-0.2, -0.15) is 0 Å². The second kappa shape index (κ2) is 8.95. The van der Waals surface area contributed by atoms with E-state index in [1.807, 2.05) is 0 Å². The van der Waals surface area contributed by atoms with E-state index >= 15 is 0 Å². The first-order valence-electron chi connectivity index (χ1n) is 6.12. The Balaban J connectivity index is 2.13. The summed E-state index contributed by atoms with van der Waals surface area (Å²) in [7, 11) is 0. The number of aliphatic hydroxyl groups is 3. The quantitative estimate of drug-likeness (QED) is 0.494. The van der Waals surface area contributed by atoms with Crippen LogP contribution in [0.2, 0.25) is 0 Å². The number of halogens is 1. The van der Waals surface area contributed by atoms with Gasteiger partial charge in [-0.15, -0.1) is 0 Å². The molecule has 4 N–H and O–H groups in total. The van der Waals surface area contributed by atoms with Gasteiger partial charge < -0.3 is 25.4 Å². The van der Waals surface area contributed by atoms with Gasteiger partial charge in [0.2, 0.25) is 0 Å². The molecule has 1 aromatic rings. The maximum absolute atomic E-state index is 13.2. The molecule has 0 spiro atoms. The zero-order valence-corrected chi connectivity index (χ0v) is 10.6.